The van der Waals surface area contributed by atoms with Gasteiger partial charge < -0.3 is 30.4 Å². The van der Waals surface area contributed by atoms with Crippen LogP contribution in [0.3, 0.4) is 0 Å². The molecule has 1 atom stereocenters. The molecule has 0 amide bonds. The number of benzene rings is 2. The van der Waals surface area contributed by atoms with Crippen LogP contribution in [-0.2, 0) is 0 Å². The summed E-state index contributed by atoms with van der Waals surface area (Å²) in [5, 5.41) is 24.9. The normalized spacial score (nSPS) is 13.4. The van der Waals surface area contributed by atoms with Crippen molar-refractivity contribution in [2.45, 2.75) is 12.5 Å². The van der Waals surface area contributed by atoms with Crippen molar-refractivity contribution in [1.82, 2.24) is 19.7 Å². The first-order valence-electron chi connectivity index (χ1n) is 11.4. The SMILES string of the molecule is COc1cc([C@H](Nc2ccc(C(=N)N)cc2)c2nn(-c3ncsc3C(=O)O)c(=O)[nH]2)cc2c1OCCCO2. The lowest BCUT2D eigenvalue weighted by Gasteiger charge is -2.21. The monoisotopic (exact) mass is 537 g/mol. The summed E-state index contributed by atoms with van der Waals surface area (Å²) in [6.45, 7) is 0.932. The number of thiazole rings is 1. The zero-order valence-corrected chi connectivity index (χ0v) is 20.9. The molecule has 0 bridgehead atoms. The van der Waals surface area contributed by atoms with Gasteiger partial charge in [0.05, 0.1) is 25.8 Å². The molecule has 1 aliphatic rings. The number of H-pyrrole nitrogens is 1. The molecule has 5 rings (SSSR count). The van der Waals surface area contributed by atoms with Crippen LogP contribution in [-0.4, -0.2) is 57.0 Å². The van der Waals surface area contributed by atoms with E-state index in [0.29, 0.717) is 53.7 Å². The van der Waals surface area contributed by atoms with Crippen molar-refractivity contribution < 1.29 is 24.1 Å². The molecule has 0 saturated carbocycles. The van der Waals surface area contributed by atoms with E-state index in [4.69, 9.17) is 25.4 Å². The predicted octanol–water partition coefficient (Wildman–Crippen LogP) is 2.37. The van der Waals surface area contributed by atoms with E-state index < -0.39 is 17.7 Å². The van der Waals surface area contributed by atoms with Crippen molar-refractivity contribution in [2.75, 3.05) is 25.6 Å². The Labute approximate surface area is 219 Å². The number of fused-ring (bicyclic) bond motifs is 1. The third-order valence-corrected chi connectivity index (χ3v) is 6.55. The zero-order chi connectivity index (χ0) is 26.8. The molecule has 0 aliphatic carbocycles. The summed E-state index contributed by atoms with van der Waals surface area (Å²) in [7, 11) is 1.52. The van der Waals surface area contributed by atoms with Crippen LogP contribution < -0.4 is 31.0 Å². The molecule has 6 N–H and O–H groups in total. The number of hydrogen-bond acceptors (Lipinski definition) is 10. The number of carboxylic acid groups (broad SMARTS) is 1. The number of carboxylic acids is 1. The van der Waals surface area contributed by atoms with Gasteiger partial charge in [0.2, 0.25) is 5.75 Å². The number of aromatic carboxylic acids is 1. The van der Waals surface area contributed by atoms with E-state index in [2.05, 4.69) is 20.4 Å². The molecule has 4 aromatic rings. The molecule has 1 aliphatic heterocycles. The van der Waals surface area contributed by atoms with Crippen LogP contribution in [0.25, 0.3) is 5.82 Å². The number of nitrogen functional groups attached to an aromatic ring is 1. The number of aromatic nitrogens is 4. The maximum Gasteiger partial charge on any atom is 0.349 e. The van der Waals surface area contributed by atoms with Crippen LogP contribution in [0.4, 0.5) is 5.69 Å². The molecule has 2 aromatic carbocycles. The van der Waals surface area contributed by atoms with E-state index in [1.54, 1.807) is 36.4 Å². The first-order chi connectivity index (χ1) is 18.4. The van der Waals surface area contributed by atoms with Crippen LogP contribution in [0.1, 0.15) is 39.1 Å². The quantitative estimate of drug-likeness (QED) is 0.165. The molecular weight excluding hydrogens is 514 g/mol. The average Bonchev–Trinajstić information content (AvgIpc) is 3.46. The smallest absolute Gasteiger partial charge is 0.349 e. The first kappa shape index (κ1) is 24.8. The van der Waals surface area contributed by atoms with Gasteiger partial charge in [-0.15, -0.1) is 16.4 Å². The molecule has 196 valence electrons. The van der Waals surface area contributed by atoms with Crippen molar-refractivity contribution in [3.63, 3.8) is 0 Å². The molecule has 2 aromatic heterocycles. The third kappa shape index (κ3) is 4.76. The van der Waals surface area contributed by atoms with Gasteiger partial charge in [0.25, 0.3) is 0 Å². The van der Waals surface area contributed by atoms with Crippen molar-refractivity contribution in [2.24, 2.45) is 5.73 Å². The highest BCUT2D eigenvalue weighted by Gasteiger charge is 2.27. The number of nitrogens with zero attached hydrogens (tertiary/aromatic N) is 3. The second kappa shape index (κ2) is 10.3. The Kier molecular flexibility index (Phi) is 6.70. The fourth-order valence-corrected chi connectivity index (χ4v) is 4.56. The molecular formula is C24H23N7O6S. The van der Waals surface area contributed by atoms with E-state index in [1.807, 2.05) is 0 Å². The Balaban J connectivity index is 1.62. The Morgan fingerprint density at radius 1 is 1.29 bits per heavy atom. The topological polar surface area (TPSA) is 190 Å². The van der Waals surface area contributed by atoms with Crippen LogP contribution >= 0.6 is 11.3 Å². The fraction of sp³-hybridized carbons (Fsp3) is 0.208. The van der Waals surface area contributed by atoms with Gasteiger partial charge in [-0.1, -0.05) is 0 Å². The largest absolute Gasteiger partial charge is 0.493 e. The molecule has 38 heavy (non-hydrogen) atoms. The standard InChI is InChI=1S/C24H23N7O6S/c1-35-15-9-13(10-16-18(15)37-8-2-7-36-16)17(28-14-5-3-12(4-6-14)20(25)26)21-29-24(34)31(30-21)22-19(23(32)33)38-11-27-22/h3-6,9-11,17,28H,2,7-8H2,1H3,(H3,25,26)(H,32,33)(H,29,30,34)/t17-/m0/s1. The van der Waals surface area contributed by atoms with Crippen molar-refractivity contribution in [3.05, 3.63) is 74.2 Å². The summed E-state index contributed by atoms with van der Waals surface area (Å²) in [4.78, 5) is 31.2. The van der Waals surface area contributed by atoms with Crippen molar-refractivity contribution in [1.29, 1.82) is 5.41 Å². The molecule has 13 nitrogen and oxygen atoms in total. The van der Waals surface area contributed by atoms with Gasteiger partial charge in [-0.25, -0.2) is 14.6 Å². The number of nitrogens with one attached hydrogen (secondary N) is 3. The van der Waals surface area contributed by atoms with Crippen molar-refractivity contribution >= 4 is 28.8 Å². The minimum atomic E-state index is -1.22. The minimum absolute atomic E-state index is 0.0682. The van der Waals surface area contributed by atoms with Crippen LogP contribution in [0.2, 0.25) is 0 Å². The zero-order valence-electron chi connectivity index (χ0n) is 20.1. The van der Waals surface area contributed by atoms with Gasteiger partial charge in [-0.2, -0.15) is 4.68 Å². The maximum atomic E-state index is 12.9. The molecule has 14 heteroatoms. The van der Waals surface area contributed by atoms with Gasteiger partial charge in [0.15, 0.2) is 28.0 Å². The Hall–Kier alpha value is -4.85. The Bertz CT molecular complexity index is 1560. The number of nitrogens with two attached hydrogens (primary N) is 1. The van der Waals surface area contributed by atoms with E-state index in [1.165, 1.54) is 12.6 Å². The van der Waals surface area contributed by atoms with Crippen LogP contribution in [0.15, 0.2) is 46.7 Å². The van der Waals surface area contributed by atoms with E-state index in [0.717, 1.165) is 16.0 Å². The van der Waals surface area contributed by atoms with Gasteiger partial charge in [0.1, 0.15) is 11.9 Å². The Morgan fingerprint density at radius 2 is 2.05 bits per heavy atom. The molecule has 0 spiro atoms. The summed E-state index contributed by atoms with van der Waals surface area (Å²) in [6.07, 6.45) is 0.703. The highest BCUT2D eigenvalue weighted by atomic mass is 32.1. The number of rotatable bonds is 8. The van der Waals surface area contributed by atoms with Crippen molar-refractivity contribution in [3.8, 4) is 23.1 Å². The minimum Gasteiger partial charge on any atom is -0.493 e. The summed E-state index contributed by atoms with van der Waals surface area (Å²) in [5.74, 6) is 0.207. The summed E-state index contributed by atoms with van der Waals surface area (Å²) in [5.41, 5.74) is 8.07. The van der Waals surface area contributed by atoms with Crippen LogP contribution in [0.5, 0.6) is 17.2 Å². The van der Waals surface area contributed by atoms with E-state index >= 15 is 0 Å². The highest BCUT2D eigenvalue weighted by Crippen LogP contribution is 2.42. The average molecular weight is 538 g/mol. The lowest BCUT2D eigenvalue weighted by atomic mass is 10.0. The number of carbonyl (C=O) groups is 1. The number of methoxy groups -OCH3 is 1. The second-order valence-corrected chi connectivity index (χ2v) is 9.06. The van der Waals surface area contributed by atoms with E-state index in [9.17, 15) is 14.7 Å². The number of ether oxygens (including phenoxy) is 3. The first-order valence-corrected chi connectivity index (χ1v) is 12.3. The number of amidine groups is 1. The van der Waals surface area contributed by atoms with E-state index in [-0.39, 0.29) is 22.4 Å². The second-order valence-electron chi connectivity index (χ2n) is 8.21. The molecule has 0 fully saturated rings. The Morgan fingerprint density at radius 3 is 2.76 bits per heavy atom. The molecule has 0 unspecified atom stereocenters. The number of hydrogen-bond donors (Lipinski definition) is 5. The lowest BCUT2D eigenvalue weighted by molar-refractivity contribution is 0.0701. The maximum absolute atomic E-state index is 12.9. The number of aromatic amines is 1. The summed E-state index contributed by atoms with van der Waals surface area (Å²) < 4.78 is 18.2. The van der Waals surface area contributed by atoms with Gasteiger partial charge >= 0.3 is 11.7 Å². The highest BCUT2D eigenvalue weighted by molar-refractivity contribution is 7.12. The predicted molar refractivity (Wildman–Crippen MR) is 138 cm³/mol. The number of anilines is 1. The molecule has 0 radical (unpaired) electrons. The molecule has 0 saturated heterocycles. The lowest BCUT2D eigenvalue weighted by Crippen LogP contribution is -2.18. The van der Waals surface area contributed by atoms with Gasteiger partial charge in [-0.3, -0.25) is 10.4 Å². The molecule has 3 heterocycles. The fourth-order valence-electron chi connectivity index (χ4n) is 3.95. The van der Waals surface area contributed by atoms with Crippen LogP contribution in [0, 0.1) is 5.41 Å². The summed E-state index contributed by atoms with van der Waals surface area (Å²) >= 11 is 0.889. The summed E-state index contributed by atoms with van der Waals surface area (Å²) in [6, 6.07) is 9.62. The van der Waals surface area contributed by atoms with Gasteiger partial charge in [0, 0.05) is 17.7 Å². The van der Waals surface area contributed by atoms with Gasteiger partial charge in [-0.05, 0) is 42.0 Å². The third-order valence-electron chi connectivity index (χ3n) is 5.75.